The zero-order valence-electron chi connectivity index (χ0n) is 7.97. The maximum absolute atomic E-state index is 4.99. The molecule has 5 heteroatoms. The average Bonchev–Trinajstić information content (AvgIpc) is 2.66. The number of isothiocyanates is 1. The van der Waals surface area contributed by atoms with Crippen molar-refractivity contribution >= 4 is 23.1 Å². The van der Waals surface area contributed by atoms with Crippen molar-refractivity contribution in [1.82, 2.24) is 10.1 Å². The van der Waals surface area contributed by atoms with Crippen molar-refractivity contribution in [2.45, 2.75) is 6.92 Å². The van der Waals surface area contributed by atoms with Gasteiger partial charge in [0.2, 0.25) is 0 Å². The topological polar surface area (TPSA) is 51.3 Å². The minimum absolute atomic E-state index is 0.666. The first kappa shape index (κ1) is 9.71. The molecule has 0 saturated heterocycles. The molecule has 0 aromatic carbocycles. The first-order valence-corrected chi connectivity index (χ1v) is 4.67. The van der Waals surface area contributed by atoms with Gasteiger partial charge in [-0.15, -0.1) is 0 Å². The van der Waals surface area contributed by atoms with E-state index in [1.165, 1.54) is 0 Å². The average molecular weight is 217 g/mol. The predicted molar refractivity (Wildman–Crippen MR) is 59.2 cm³/mol. The Kier molecular flexibility index (Phi) is 2.67. The van der Waals surface area contributed by atoms with Crippen LogP contribution in [0.25, 0.3) is 11.1 Å². The van der Waals surface area contributed by atoms with Gasteiger partial charge in [-0.2, -0.15) is 4.99 Å². The summed E-state index contributed by atoms with van der Waals surface area (Å²) in [6.45, 7) is 1.84. The van der Waals surface area contributed by atoms with Gasteiger partial charge in [-0.05, 0) is 25.2 Å². The summed E-state index contributed by atoms with van der Waals surface area (Å²) in [5, 5.41) is 6.04. The normalized spacial score (nSPS) is 9.67. The van der Waals surface area contributed by atoms with E-state index in [0.717, 1.165) is 16.9 Å². The number of aromatic nitrogens is 2. The number of hydrogen-bond donors (Lipinski definition) is 0. The van der Waals surface area contributed by atoms with Gasteiger partial charge in [0.15, 0.2) is 0 Å². The number of thiocarbonyl (C=S) groups is 1. The Labute approximate surface area is 91.7 Å². The molecule has 0 aliphatic heterocycles. The highest BCUT2D eigenvalue weighted by Gasteiger charge is 2.09. The third-order valence-corrected chi connectivity index (χ3v) is 2.10. The van der Waals surface area contributed by atoms with Gasteiger partial charge in [0.05, 0.1) is 17.6 Å². The van der Waals surface area contributed by atoms with Crippen LogP contribution in [0.5, 0.6) is 0 Å². The molecule has 0 saturated carbocycles. The molecule has 0 spiro atoms. The molecule has 0 atom stereocenters. The molecule has 0 fully saturated rings. The molecule has 0 unspecified atom stereocenters. The number of aryl methyl sites for hydroxylation is 1. The predicted octanol–water partition coefficient (Wildman–Crippen LogP) is 2.78. The SMILES string of the molecule is Cc1oncc1-c1ccncc1N=C=S. The second-order valence-corrected chi connectivity index (χ2v) is 3.07. The maximum Gasteiger partial charge on any atom is 0.141 e. The van der Waals surface area contributed by atoms with Crippen LogP contribution in [0, 0.1) is 6.92 Å². The molecule has 4 nitrogen and oxygen atoms in total. The van der Waals surface area contributed by atoms with E-state index in [2.05, 4.69) is 32.5 Å². The van der Waals surface area contributed by atoms with Gasteiger partial charge in [0.1, 0.15) is 11.4 Å². The smallest absolute Gasteiger partial charge is 0.141 e. The summed E-state index contributed by atoms with van der Waals surface area (Å²) in [4.78, 5) is 7.91. The van der Waals surface area contributed by atoms with Gasteiger partial charge < -0.3 is 4.52 Å². The maximum atomic E-state index is 4.99. The molecule has 0 bridgehead atoms. The van der Waals surface area contributed by atoms with Crippen molar-refractivity contribution in [1.29, 1.82) is 0 Å². The van der Waals surface area contributed by atoms with Crippen LogP contribution in [0.4, 0.5) is 5.69 Å². The molecule has 0 radical (unpaired) electrons. The molecule has 2 aromatic heterocycles. The third kappa shape index (κ3) is 1.83. The van der Waals surface area contributed by atoms with Gasteiger partial charge in [-0.25, -0.2) is 0 Å². The first-order chi connectivity index (χ1) is 7.33. The molecule has 2 aromatic rings. The van der Waals surface area contributed by atoms with E-state index in [-0.39, 0.29) is 0 Å². The van der Waals surface area contributed by atoms with Crippen LogP contribution in [-0.4, -0.2) is 15.3 Å². The Bertz CT molecular complexity index is 529. The van der Waals surface area contributed by atoms with E-state index in [4.69, 9.17) is 4.52 Å². The quantitative estimate of drug-likeness (QED) is 0.573. The Morgan fingerprint density at radius 2 is 2.27 bits per heavy atom. The highest BCUT2D eigenvalue weighted by Crippen LogP contribution is 2.30. The van der Waals surface area contributed by atoms with Crippen molar-refractivity contribution in [3.05, 3.63) is 30.4 Å². The van der Waals surface area contributed by atoms with E-state index in [0.29, 0.717) is 5.69 Å². The molecule has 0 aliphatic carbocycles. The summed E-state index contributed by atoms with van der Waals surface area (Å²) in [5.74, 6) is 0.738. The zero-order valence-corrected chi connectivity index (χ0v) is 8.78. The monoisotopic (exact) mass is 217 g/mol. The van der Waals surface area contributed by atoms with Crippen LogP contribution in [0.3, 0.4) is 0 Å². The summed E-state index contributed by atoms with van der Waals surface area (Å²) in [7, 11) is 0. The van der Waals surface area contributed by atoms with Crippen molar-refractivity contribution in [2.24, 2.45) is 4.99 Å². The summed E-state index contributed by atoms with van der Waals surface area (Å²) >= 11 is 4.57. The highest BCUT2D eigenvalue weighted by atomic mass is 32.1. The largest absolute Gasteiger partial charge is 0.361 e. The lowest BCUT2D eigenvalue weighted by atomic mass is 10.1. The van der Waals surface area contributed by atoms with Crippen LogP contribution >= 0.6 is 12.2 Å². The molecule has 2 heterocycles. The van der Waals surface area contributed by atoms with Crippen LogP contribution in [0.1, 0.15) is 5.76 Å². The van der Waals surface area contributed by atoms with Crippen molar-refractivity contribution in [3.8, 4) is 11.1 Å². The summed E-state index contributed by atoms with van der Waals surface area (Å²) in [5.41, 5.74) is 2.45. The molecule has 74 valence electrons. The summed E-state index contributed by atoms with van der Waals surface area (Å²) < 4.78 is 4.99. The van der Waals surface area contributed by atoms with Gasteiger partial charge >= 0.3 is 0 Å². The van der Waals surface area contributed by atoms with Crippen LogP contribution < -0.4 is 0 Å². The molecular weight excluding hydrogens is 210 g/mol. The summed E-state index contributed by atoms with van der Waals surface area (Å²) in [6.07, 6.45) is 4.96. The first-order valence-electron chi connectivity index (χ1n) is 4.26. The Morgan fingerprint density at radius 1 is 1.40 bits per heavy atom. The summed E-state index contributed by atoms with van der Waals surface area (Å²) in [6, 6.07) is 1.84. The van der Waals surface area contributed by atoms with Crippen molar-refractivity contribution < 1.29 is 4.52 Å². The molecule has 0 amide bonds. The minimum atomic E-state index is 0.666. The second kappa shape index (κ2) is 4.13. The standard InChI is InChI=1S/C10H7N3OS/c1-7-9(4-13-14-7)8-2-3-11-5-10(8)12-6-15/h2-5H,1H3. The highest BCUT2D eigenvalue weighted by molar-refractivity contribution is 7.78. The van der Waals surface area contributed by atoms with Crippen LogP contribution in [-0.2, 0) is 0 Å². The fourth-order valence-corrected chi connectivity index (χ4v) is 1.41. The molecule has 0 N–H and O–H groups in total. The Morgan fingerprint density at radius 3 is 2.93 bits per heavy atom. The van der Waals surface area contributed by atoms with Gasteiger partial charge in [0, 0.05) is 17.3 Å². The minimum Gasteiger partial charge on any atom is -0.361 e. The Balaban J connectivity index is 2.62. The van der Waals surface area contributed by atoms with E-state index in [1.54, 1.807) is 18.6 Å². The zero-order chi connectivity index (χ0) is 10.7. The molecule has 0 aliphatic rings. The number of nitrogens with zero attached hydrogens (tertiary/aromatic N) is 3. The van der Waals surface area contributed by atoms with Crippen LogP contribution in [0.15, 0.2) is 34.2 Å². The molecule has 15 heavy (non-hydrogen) atoms. The number of pyridine rings is 1. The van der Waals surface area contributed by atoms with E-state index >= 15 is 0 Å². The van der Waals surface area contributed by atoms with E-state index in [9.17, 15) is 0 Å². The third-order valence-electron chi connectivity index (χ3n) is 2.01. The van der Waals surface area contributed by atoms with Gasteiger partial charge in [-0.3, -0.25) is 4.98 Å². The lowest BCUT2D eigenvalue weighted by molar-refractivity contribution is 0.398. The van der Waals surface area contributed by atoms with E-state index in [1.807, 2.05) is 13.0 Å². The van der Waals surface area contributed by atoms with Crippen molar-refractivity contribution in [2.75, 3.05) is 0 Å². The second-order valence-electron chi connectivity index (χ2n) is 2.89. The van der Waals surface area contributed by atoms with Crippen molar-refractivity contribution in [3.63, 3.8) is 0 Å². The Hall–Kier alpha value is -1.84. The van der Waals surface area contributed by atoms with Gasteiger partial charge in [-0.1, -0.05) is 5.16 Å². The lowest BCUT2D eigenvalue weighted by Gasteiger charge is -2.00. The fraction of sp³-hybridized carbons (Fsp3) is 0.100. The number of rotatable bonds is 2. The van der Waals surface area contributed by atoms with Crippen LogP contribution in [0.2, 0.25) is 0 Å². The molecule has 2 rings (SSSR count). The fourth-order valence-electron chi connectivity index (χ4n) is 1.31. The molecular formula is C10H7N3OS. The van der Waals surface area contributed by atoms with E-state index < -0.39 is 0 Å². The lowest BCUT2D eigenvalue weighted by Crippen LogP contribution is -1.80. The number of hydrogen-bond acceptors (Lipinski definition) is 5. The van der Waals surface area contributed by atoms with Gasteiger partial charge in [0.25, 0.3) is 0 Å². The number of aliphatic imine (C=N–C) groups is 1.